The number of ether oxygens (including phenoxy) is 1. The van der Waals surface area contributed by atoms with Crippen LogP contribution in [-0.4, -0.2) is 22.1 Å². The summed E-state index contributed by atoms with van der Waals surface area (Å²) in [5.41, 5.74) is 3.37. The molecule has 0 amide bonds. The van der Waals surface area contributed by atoms with Crippen molar-refractivity contribution >= 4 is 34.7 Å². The highest BCUT2D eigenvalue weighted by Gasteiger charge is 2.08. The molecule has 1 aromatic heterocycles. The Morgan fingerprint density at radius 3 is 2.57 bits per heavy atom. The third-order valence-electron chi connectivity index (χ3n) is 4.29. The molecule has 3 rings (SSSR count). The van der Waals surface area contributed by atoms with Crippen LogP contribution in [0.1, 0.15) is 18.1 Å². The average molecular weight is 376 g/mol. The van der Waals surface area contributed by atoms with Crippen LogP contribution in [0, 0.1) is 10.1 Å². The molecule has 0 spiro atoms. The molecule has 0 fully saturated rings. The number of non-ortho nitro benzene ring substituents is 1. The van der Waals surface area contributed by atoms with Crippen molar-refractivity contribution in [2.75, 3.05) is 6.61 Å². The summed E-state index contributed by atoms with van der Waals surface area (Å²) in [6, 6.07) is 14.4. The maximum absolute atomic E-state index is 11.5. The van der Waals surface area contributed by atoms with Crippen LogP contribution in [-0.2, 0) is 16.1 Å². The zero-order valence-electron chi connectivity index (χ0n) is 15.5. The van der Waals surface area contributed by atoms with Gasteiger partial charge in [0.1, 0.15) is 6.61 Å². The molecule has 3 aromatic rings. The summed E-state index contributed by atoms with van der Waals surface area (Å²) in [6.45, 7) is 5.99. The number of nitro benzene ring substituents is 1. The van der Waals surface area contributed by atoms with Crippen molar-refractivity contribution < 1.29 is 14.5 Å². The SMILES string of the molecule is C=C(C)C(=O)OCCn1cc(/C=C/c2ccc([N+](=O)[O-])cc2)c2ccccc21. The van der Waals surface area contributed by atoms with Crippen molar-refractivity contribution in [1.29, 1.82) is 0 Å². The molecule has 0 aliphatic carbocycles. The quantitative estimate of drug-likeness (QED) is 0.256. The second-order valence-corrected chi connectivity index (χ2v) is 6.39. The minimum atomic E-state index is -0.415. The van der Waals surface area contributed by atoms with Crippen LogP contribution in [0.2, 0.25) is 0 Å². The molecule has 142 valence electrons. The number of benzene rings is 2. The topological polar surface area (TPSA) is 74.4 Å². The number of para-hydroxylation sites is 1. The van der Waals surface area contributed by atoms with Crippen LogP contribution in [0.15, 0.2) is 66.9 Å². The standard InChI is InChI=1S/C22H20N2O4/c1-16(2)22(25)28-14-13-23-15-18(20-5-3-4-6-21(20)23)10-7-17-8-11-19(12-9-17)24(26)27/h3-12,15H,1,13-14H2,2H3/b10-7+. The molecule has 1 heterocycles. The van der Waals surface area contributed by atoms with Crippen LogP contribution in [0.3, 0.4) is 0 Å². The van der Waals surface area contributed by atoms with Gasteiger partial charge in [-0.3, -0.25) is 10.1 Å². The zero-order valence-corrected chi connectivity index (χ0v) is 15.5. The van der Waals surface area contributed by atoms with Gasteiger partial charge in [0.25, 0.3) is 5.69 Å². The van der Waals surface area contributed by atoms with Gasteiger partial charge in [-0.05, 0) is 36.2 Å². The van der Waals surface area contributed by atoms with Crippen LogP contribution >= 0.6 is 0 Å². The molecule has 0 saturated carbocycles. The minimum Gasteiger partial charge on any atom is -0.460 e. The van der Waals surface area contributed by atoms with E-state index in [1.54, 1.807) is 19.1 Å². The molecule has 0 atom stereocenters. The highest BCUT2D eigenvalue weighted by atomic mass is 16.6. The normalized spacial score (nSPS) is 11.0. The molecular weight excluding hydrogens is 356 g/mol. The maximum Gasteiger partial charge on any atom is 0.333 e. The van der Waals surface area contributed by atoms with Gasteiger partial charge in [-0.1, -0.05) is 36.9 Å². The number of nitrogens with zero attached hydrogens (tertiary/aromatic N) is 2. The van der Waals surface area contributed by atoms with E-state index < -0.39 is 10.9 Å². The fraction of sp³-hybridized carbons (Fsp3) is 0.136. The predicted octanol–water partition coefficient (Wildman–Crippen LogP) is 4.84. The summed E-state index contributed by atoms with van der Waals surface area (Å²) in [4.78, 5) is 21.9. The van der Waals surface area contributed by atoms with Gasteiger partial charge in [-0.25, -0.2) is 4.79 Å². The molecule has 6 nitrogen and oxygen atoms in total. The lowest BCUT2D eigenvalue weighted by Gasteiger charge is -2.06. The molecule has 0 aliphatic rings. The zero-order chi connectivity index (χ0) is 20.1. The van der Waals surface area contributed by atoms with E-state index in [4.69, 9.17) is 4.74 Å². The van der Waals surface area contributed by atoms with Gasteiger partial charge in [0.05, 0.1) is 11.5 Å². The van der Waals surface area contributed by atoms with Gasteiger partial charge in [0, 0.05) is 34.8 Å². The number of aromatic nitrogens is 1. The van der Waals surface area contributed by atoms with Gasteiger partial charge in [-0.15, -0.1) is 0 Å². The van der Waals surface area contributed by atoms with Crippen LogP contribution in [0.5, 0.6) is 0 Å². The van der Waals surface area contributed by atoms with Gasteiger partial charge < -0.3 is 9.30 Å². The van der Waals surface area contributed by atoms with Gasteiger partial charge >= 0.3 is 5.97 Å². The van der Waals surface area contributed by atoms with Crippen molar-refractivity contribution in [3.8, 4) is 0 Å². The second-order valence-electron chi connectivity index (χ2n) is 6.39. The smallest absolute Gasteiger partial charge is 0.333 e. The highest BCUT2D eigenvalue weighted by Crippen LogP contribution is 2.24. The van der Waals surface area contributed by atoms with Gasteiger partial charge in [-0.2, -0.15) is 0 Å². The van der Waals surface area contributed by atoms with Gasteiger partial charge in [0.15, 0.2) is 0 Å². The van der Waals surface area contributed by atoms with Crippen molar-refractivity contribution in [2.24, 2.45) is 0 Å². The lowest BCUT2D eigenvalue weighted by atomic mass is 10.1. The molecule has 0 radical (unpaired) electrons. The minimum absolute atomic E-state index is 0.0676. The predicted molar refractivity (Wildman–Crippen MR) is 110 cm³/mol. The molecule has 0 saturated heterocycles. The Hall–Kier alpha value is -3.67. The molecular formula is C22H20N2O4. The first-order valence-electron chi connectivity index (χ1n) is 8.79. The molecule has 28 heavy (non-hydrogen) atoms. The lowest BCUT2D eigenvalue weighted by molar-refractivity contribution is -0.384. The molecule has 2 aromatic carbocycles. The first-order valence-corrected chi connectivity index (χ1v) is 8.79. The number of carbonyl (C=O) groups is 1. The number of esters is 1. The molecule has 0 aliphatic heterocycles. The van der Waals surface area contributed by atoms with E-state index >= 15 is 0 Å². The van der Waals surface area contributed by atoms with Gasteiger partial charge in [0.2, 0.25) is 0 Å². The van der Waals surface area contributed by atoms with E-state index in [9.17, 15) is 14.9 Å². The van der Waals surface area contributed by atoms with Crippen LogP contribution in [0.25, 0.3) is 23.1 Å². The Balaban J connectivity index is 1.80. The number of hydrogen-bond donors (Lipinski definition) is 0. The molecule has 0 unspecified atom stereocenters. The third-order valence-corrected chi connectivity index (χ3v) is 4.29. The van der Waals surface area contributed by atoms with E-state index in [0.29, 0.717) is 12.1 Å². The van der Waals surface area contributed by atoms with E-state index in [1.807, 2.05) is 47.2 Å². The van der Waals surface area contributed by atoms with E-state index in [2.05, 4.69) is 6.58 Å². The Morgan fingerprint density at radius 2 is 1.89 bits per heavy atom. The Kier molecular flexibility index (Phi) is 5.69. The van der Waals surface area contributed by atoms with Crippen LogP contribution < -0.4 is 0 Å². The fourth-order valence-corrected chi connectivity index (χ4v) is 2.85. The molecule has 6 heteroatoms. The number of rotatable bonds is 7. The van der Waals surface area contributed by atoms with E-state index in [0.717, 1.165) is 22.0 Å². The summed E-state index contributed by atoms with van der Waals surface area (Å²) in [6.07, 6.45) is 5.89. The largest absolute Gasteiger partial charge is 0.460 e. The monoisotopic (exact) mass is 376 g/mol. The summed E-state index contributed by atoms with van der Waals surface area (Å²) in [5.74, 6) is -0.394. The summed E-state index contributed by atoms with van der Waals surface area (Å²) < 4.78 is 7.23. The Labute approximate surface area is 162 Å². The first kappa shape index (κ1) is 19.1. The van der Waals surface area contributed by atoms with Crippen LogP contribution in [0.4, 0.5) is 5.69 Å². The average Bonchev–Trinajstić information content (AvgIpc) is 3.04. The highest BCUT2D eigenvalue weighted by molar-refractivity contribution is 5.92. The lowest BCUT2D eigenvalue weighted by Crippen LogP contribution is -2.11. The summed E-state index contributed by atoms with van der Waals surface area (Å²) in [5, 5.41) is 11.8. The number of hydrogen-bond acceptors (Lipinski definition) is 4. The first-order chi connectivity index (χ1) is 13.5. The Morgan fingerprint density at radius 1 is 1.18 bits per heavy atom. The number of fused-ring (bicyclic) bond motifs is 1. The van der Waals surface area contributed by atoms with Crippen molar-refractivity contribution in [2.45, 2.75) is 13.5 Å². The Bertz CT molecular complexity index is 1060. The molecule has 0 N–H and O–H groups in total. The maximum atomic E-state index is 11.5. The third kappa shape index (κ3) is 4.35. The molecule has 0 bridgehead atoms. The number of nitro groups is 1. The second kappa shape index (κ2) is 8.35. The van der Waals surface area contributed by atoms with Crippen molar-refractivity contribution in [3.05, 3.63) is 88.1 Å². The summed E-state index contributed by atoms with van der Waals surface area (Å²) in [7, 11) is 0. The fourth-order valence-electron chi connectivity index (χ4n) is 2.85. The number of carbonyl (C=O) groups excluding carboxylic acids is 1. The summed E-state index contributed by atoms with van der Waals surface area (Å²) >= 11 is 0. The van der Waals surface area contributed by atoms with E-state index in [1.165, 1.54) is 12.1 Å². The van der Waals surface area contributed by atoms with E-state index in [-0.39, 0.29) is 12.3 Å². The van der Waals surface area contributed by atoms with Crippen molar-refractivity contribution in [1.82, 2.24) is 4.57 Å². The van der Waals surface area contributed by atoms with Crippen molar-refractivity contribution in [3.63, 3.8) is 0 Å².